The van der Waals surface area contributed by atoms with Crippen molar-refractivity contribution < 1.29 is 14.4 Å². The van der Waals surface area contributed by atoms with E-state index >= 15 is 0 Å². The molecule has 7 nitrogen and oxygen atoms in total. The summed E-state index contributed by atoms with van der Waals surface area (Å²) >= 11 is 0. The molecule has 0 spiro atoms. The van der Waals surface area contributed by atoms with Gasteiger partial charge in [-0.2, -0.15) is 0 Å². The van der Waals surface area contributed by atoms with Gasteiger partial charge in [0.05, 0.1) is 0 Å². The Balaban J connectivity index is 2.78. The molecule has 2 N–H and O–H groups in total. The summed E-state index contributed by atoms with van der Waals surface area (Å²) in [5.41, 5.74) is -1.42. The number of H-pyrrole nitrogens is 1. The molecular weight excluding hydrogens is 202 g/mol. The number of Topliss-reactive ketones (excluding diaryl/α,β-unsaturated/α-hetero) is 1. The number of rotatable bonds is 1. The number of aromatic amines is 1. The van der Waals surface area contributed by atoms with Crippen LogP contribution in [0.2, 0.25) is 0 Å². The van der Waals surface area contributed by atoms with Crippen molar-refractivity contribution in [1.29, 1.82) is 0 Å². The molecular formula is C8H5N3O4. The minimum absolute atomic E-state index is 0.233. The lowest BCUT2D eigenvalue weighted by atomic mass is 10.2. The number of ketones is 1. The van der Waals surface area contributed by atoms with Crippen LogP contribution < -0.4 is 10.9 Å². The summed E-state index contributed by atoms with van der Waals surface area (Å²) in [5.74, 6) is -2.27. The number of amides is 2. The zero-order valence-electron chi connectivity index (χ0n) is 7.58. The molecule has 7 heteroatoms. The number of hydrogen-bond donors (Lipinski definition) is 2. The van der Waals surface area contributed by atoms with Crippen LogP contribution >= 0.6 is 0 Å². The second kappa shape index (κ2) is 2.84. The number of nitrogens with one attached hydrogen (secondary N) is 2. The molecule has 2 rings (SSSR count). The maximum absolute atomic E-state index is 11.3. The molecule has 1 aromatic rings. The first kappa shape index (κ1) is 9.25. The monoisotopic (exact) mass is 207 g/mol. The fraction of sp³-hybridized carbons (Fsp3) is 0.125. The molecule has 0 fully saturated rings. The summed E-state index contributed by atoms with van der Waals surface area (Å²) in [6, 6.07) is 0. The summed E-state index contributed by atoms with van der Waals surface area (Å²) in [6.07, 6.45) is 0. The lowest BCUT2D eigenvalue weighted by Gasteiger charge is -1.96. The predicted octanol–water partition coefficient (Wildman–Crippen LogP) is -1.14. The number of hydrogen-bond acceptors (Lipinski definition) is 5. The maximum Gasteiger partial charge on any atom is 0.277 e. The molecule has 0 saturated heterocycles. The smallest absolute Gasteiger partial charge is 0.277 e. The van der Waals surface area contributed by atoms with Crippen LogP contribution in [0.1, 0.15) is 38.4 Å². The Kier molecular flexibility index (Phi) is 1.75. The van der Waals surface area contributed by atoms with Gasteiger partial charge in [-0.25, -0.2) is 4.98 Å². The van der Waals surface area contributed by atoms with Crippen LogP contribution in [0.4, 0.5) is 0 Å². The van der Waals surface area contributed by atoms with E-state index in [-0.39, 0.29) is 17.1 Å². The van der Waals surface area contributed by atoms with Crippen LogP contribution in [0.15, 0.2) is 4.79 Å². The predicted molar refractivity (Wildman–Crippen MR) is 46.7 cm³/mol. The number of aromatic nitrogens is 2. The fourth-order valence-electron chi connectivity index (χ4n) is 1.24. The average molecular weight is 207 g/mol. The highest BCUT2D eigenvalue weighted by Crippen LogP contribution is 2.07. The Morgan fingerprint density at radius 3 is 2.47 bits per heavy atom. The van der Waals surface area contributed by atoms with Crippen LogP contribution in [0.5, 0.6) is 0 Å². The molecule has 0 aliphatic carbocycles. The van der Waals surface area contributed by atoms with Gasteiger partial charge in [0.25, 0.3) is 17.4 Å². The lowest BCUT2D eigenvalue weighted by Crippen LogP contribution is -2.24. The van der Waals surface area contributed by atoms with E-state index in [1.165, 1.54) is 6.92 Å². The van der Waals surface area contributed by atoms with Crippen molar-refractivity contribution in [1.82, 2.24) is 15.3 Å². The Labute approximate surface area is 82.5 Å². The van der Waals surface area contributed by atoms with Gasteiger partial charge in [0, 0.05) is 6.92 Å². The van der Waals surface area contributed by atoms with Crippen LogP contribution in [0, 0.1) is 0 Å². The fourth-order valence-corrected chi connectivity index (χ4v) is 1.24. The van der Waals surface area contributed by atoms with Gasteiger partial charge in [-0.3, -0.25) is 24.5 Å². The molecule has 76 valence electrons. The standard InChI is InChI=1S/C8H5N3O4/c1-2(12)5-9-4-3(6(13)10-5)7(14)11-8(4)15/h1H3,(H,9,10,13)(H,11,14,15). The molecule has 1 aliphatic heterocycles. The van der Waals surface area contributed by atoms with Gasteiger partial charge in [-0.1, -0.05) is 0 Å². The summed E-state index contributed by atoms with van der Waals surface area (Å²) in [5, 5.41) is 1.92. The number of carbonyl (C=O) groups excluding carboxylic acids is 3. The number of fused-ring (bicyclic) bond motifs is 1. The molecule has 2 heterocycles. The largest absolute Gasteiger partial charge is 0.303 e. The van der Waals surface area contributed by atoms with Crippen molar-refractivity contribution in [3.8, 4) is 0 Å². The minimum Gasteiger partial charge on any atom is -0.303 e. The molecule has 0 bridgehead atoms. The van der Waals surface area contributed by atoms with Crippen LogP contribution in [-0.2, 0) is 0 Å². The van der Waals surface area contributed by atoms with E-state index in [0.29, 0.717) is 0 Å². The first-order valence-corrected chi connectivity index (χ1v) is 4.01. The topological polar surface area (TPSA) is 109 Å². The quantitative estimate of drug-likeness (QED) is 0.446. The first-order valence-electron chi connectivity index (χ1n) is 4.01. The van der Waals surface area contributed by atoms with Gasteiger partial charge in [-0.15, -0.1) is 0 Å². The van der Waals surface area contributed by atoms with Gasteiger partial charge in [0.15, 0.2) is 11.6 Å². The van der Waals surface area contributed by atoms with Gasteiger partial charge < -0.3 is 4.98 Å². The third kappa shape index (κ3) is 1.25. The minimum atomic E-state index is -0.793. The zero-order chi connectivity index (χ0) is 11.2. The third-order valence-corrected chi connectivity index (χ3v) is 1.92. The van der Waals surface area contributed by atoms with Gasteiger partial charge in [-0.05, 0) is 0 Å². The van der Waals surface area contributed by atoms with E-state index in [1.807, 2.05) is 5.32 Å². The first-order chi connectivity index (χ1) is 7.00. The van der Waals surface area contributed by atoms with E-state index in [0.717, 1.165) is 0 Å². The molecule has 0 aromatic carbocycles. The Bertz CT molecular complexity index is 557. The van der Waals surface area contributed by atoms with Crippen LogP contribution in [0.3, 0.4) is 0 Å². The summed E-state index contributed by atoms with van der Waals surface area (Å²) < 4.78 is 0. The number of imide groups is 1. The van der Waals surface area contributed by atoms with E-state index in [9.17, 15) is 19.2 Å². The highest BCUT2D eigenvalue weighted by molar-refractivity contribution is 6.20. The van der Waals surface area contributed by atoms with E-state index in [1.54, 1.807) is 0 Å². The third-order valence-electron chi connectivity index (χ3n) is 1.92. The number of nitrogens with zero attached hydrogens (tertiary/aromatic N) is 1. The highest BCUT2D eigenvalue weighted by atomic mass is 16.2. The van der Waals surface area contributed by atoms with Gasteiger partial charge >= 0.3 is 0 Å². The van der Waals surface area contributed by atoms with Gasteiger partial charge in [0.2, 0.25) is 0 Å². The molecule has 0 radical (unpaired) electrons. The number of carbonyl (C=O) groups is 3. The Morgan fingerprint density at radius 2 is 1.87 bits per heavy atom. The average Bonchev–Trinajstić information content (AvgIpc) is 2.42. The normalized spacial score (nSPS) is 13.7. The van der Waals surface area contributed by atoms with Crippen molar-refractivity contribution in [2.24, 2.45) is 0 Å². The summed E-state index contributed by atoms with van der Waals surface area (Å²) in [7, 11) is 0. The maximum atomic E-state index is 11.3. The molecule has 2 amide bonds. The molecule has 0 saturated carbocycles. The molecule has 1 aliphatic rings. The van der Waals surface area contributed by atoms with Crippen molar-refractivity contribution in [2.45, 2.75) is 6.92 Å². The zero-order valence-corrected chi connectivity index (χ0v) is 7.58. The van der Waals surface area contributed by atoms with Crippen molar-refractivity contribution in [3.05, 3.63) is 27.4 Å². The van der Waals surface area contributed by atoms with E-state index < -0.39 is 23.2 Å². The van der Waals surface area contributed by atoms with E-state index in [2.05, 4.69) is 9.97 Å². The summed E-state index contributed by atoms with van der Waals surface area (Å²) in [6.45, 7) is 1.19. The van der Waals surface area contributed by atoms with Crippen molar-refractivity contribution >= 4 is 17.6 Å². The van der Waals surface area contributed by atoms with E-state index in [4.69, 9.17) is 0 Å². The molecule has 0 unspecified atom stereocenters. The van der Waals surface area contributed by atoms with Crippen LogP contribution in [-0.4, -0.2) is 27.6 Å². The SMILES string of the molecule is CC(=O)c1nc2c(c(=O)[nH]1)C(=O)NC2=O. The Hall–Kier alpha value is -2.31. The van der Waals surface area contributed by atoms with Crippen LogP contribution in [0.25, 0.3) is 0 Å². The Morgan fingerprint density at radius 1 is 1.20 bits per heavy atom. The summed E-state index contributed by atoms with van der Waals surface area (Å²) in [4.78, 5) is 50.2. The van der Waals surface area contributed by atoms with Gasteiger partial charge in [0.1, 0.15) is 11.3 Å². The van der Waals surface area contributed by atoms with Crippen molar-refractivity contribution in [2.75, 3.05) is 0 Å². The highest BCUT2D eigenvalue weighted by Gasteiger charge is 2.32. The second-order valence-corrected chi connectivity index (χ2v) is 2.98. The molecule has 0 atom stereocenters. The van der Waals surface area contributed by atoms with Crippen molar-refractivity contribution in [3.63, 3.8) is 0 Å². The lowest BCUT2D eigenvalue weighted by molar-refractivity contribution is 0.0877. The molecule has 1 aromatic heterocycles. The molecule has 15 heavy (non-hydrogen) atoms. The second-order valence-electron chi connectivity index (χ2n) is 2.98.